The number of ketones is 2. The highest BCUT2D eigenvalue weighted by molar-refractivity contribution is 7.80. The fraction of sp³-hybridized carbons (Fsp3) is 0.179. The molecule has 43 heavy (non-hydrogen) atoms. The van der Waals surface area contributed by atoms with Gasteiger partial charge in [-0.05, 0) is 95.3 Å². The van der Waals surface area contributed by atoms with E-state index in [2.05, 4.69) is 52.1 Å². The van der Waals surface area contributed by atoms with Gasteiger partial charge >= 0.3 is 0 Å². The molecule has 0 fully saturated rings. The average Bonchev–Trinajstić information content (AvgIpc) is 3.02. The van der Waals surface area contributed by atoms with E-state index < -0.39 is 0 Å². The van der Waals surface area contributed by atoms with Gasteiger partial charge in [-0.15, -0.1) is 12.6 Å². The molecule has 5 rings (SSSR count). The van der Waals surface area contributed by atoms with Crippen LogP contribution in [0.15, 0.2) is 126 Å². The summed E-state index contributed by atoms with van der Waals surface area (Å²) in [4.78, 5) is 29.5. The minimum atomic E-state index is -0.0118. The third kappa shape index (κ3) is 6.81. The molecule has 0 bridgehead atoms. The maximum absolute atomic E-state index is 13.3. The van der Waals surface area contributed by atoms with Crippen LogP contribution in [0, 0.1) is 0 Å². The Kier molecular flexibility index (Phi) is 8.70. The summed E-state index contributed by atoms with van der Waals surface area (Å²) in [5, 5.41) is 0. The third-order valence-electron chi connectivity index (χ3n) is 7.74. The van der Waals surface area contributed by atoms with Crippen LogP contribution in [-0.4, -0.2) is 11.6 Å². The molecular weight excluding hydrogens is 547 g/mol. The number of benzene rings is 5. The first-order valence-electron chi connectivity index (χ1n) is 14.6. The van der Waals surface area contributed by atoms with Gasteiger partial charge in [-0.2, -0.15) is 0 Å². The monoisotopic (exact) mass is 583 g/mol. The number of rotatable bonds is 8. The standard InChI is InChI=1S/C39H37NO2S/c1-26(2)27-6-8-28(9-7-27)37(41)30-12-18-33(19-13-30)40(35-22-24-36(43)25-23-35)34-20-14-31(15-21-34)38(42)29-10-16-32(17-11-29)39(3,4)5/h6-26,43H,1-5H3. The van der Waals surface area contributed by atoms with Gasteiger partial charge in [0.05, 0.1) is 0 Å². The fourth-order valence-corrected chi connectivity index (χ4v) is 5.20. The van der Waals surface area contributed by atoms with E-state index in [1.807, 2.05) is 121 Å². The Hall–Kier alpha value is -4.41. The molecule has 0 saturated heterocycles. The normalized spacial score (nSPS) is 11.4. The molecule has 0 aliphatic rings. The Balaban J connectivity index is 1.43. The molecule has 0 spiro atoms. The molecule has 0 aliphatic carbocycles. The minimum absolute atomic E-state index is 0.00812. The van der Waals surface area contributed by atoms with Gasteiger partial charge < -0.3 is 4.90 Å². The van der Waals surface area contributed by atoms with Gasteiger partial charge in [0, 0.05) is 44.2 Å². The van der Waals surface area contributed by atoms with Gasteiger partial charge in [0.15, 0.2) is 11.6 Å². The van der Waals surface area contributed by atoms with Crippen molar-refractivity contribution in [2.45, 2.75) is 50.8 Å². The molecule has 0 saturated carbocycles. The summed E-state index contributed by atoms with van der Waals surface area (Å²) < 4.78 is 0. The number of nitrogens with zero attached hydrogens (tertiary/aromatic N) is 1. The highest BCUT2D eigenvalue weighted by atomic mass is 32.1. The van der Waals surface area contributed by atoms with Crippen molar-refractivity contribution in [3.05, 3.63) is 155 Å². The lowest BCUT2D eigenvalue weighted by molar-refractivity contribution is 0.103. The summed E-state index contributed by atoms with van der Waals surface area (Å²) >= 11 is 4.46. The molecule has 0 aromatic heterocycles. The summed E-state index contributed by atoms with van der Waals surface area (Å²) in [5.41, 5.74) is 7.77. The van der Waals surface area contributed by atoms with Crippen molar-refractivity contribution in [1.29, 1.82) is 0 Å². The SMILES string of the molecule is CC(C)c1ccc(C(=O)c2ccc(N(c3ccc(S)cc3)c3ccc(C(=O)c4ccc(C(C)(C)C)cc4)cc3)cc2)cc1. The van der Waals surface area contributed by atoms with Crippen molar-refractivity contribution in [3.8, 4) is 0 Å². The Morgan fingerprint density at radius 3 is 1.21 bits per heavy atom. The van der Waals surface area contributed by atoms with Crippen LogP contribution in [-0.2, 0) is 5.41 Å². The van der Waals surface area contributed by atoms with E-state index >= 15 is 0 Å². The molecule has 0 aliphatic heterocycles. The molecule has 0 atom stereocenters. The van der Waals surface area contributed by atoms with Crippen LogP contribution < -0.4 is 4.90 Å². The van der Waals surface area contributed by atoms with Gasteiger partial charge in [0.25, 0.3) is 0 Å². The van der Waals surface area contributed by atoms with Gasteiger partial charge in [0.1, 0.15) is 0 Å². The molecule has 0 amide bonds. The summed E-state index contributed by atoms with van der Waals surface area (Å²) in [6, 6.07) is 38.9. The lowest BCUT2D eigenvalue weighted by Gasteiger charge is -2.26. The van der Waals surface area contributed by atoms with E-state index in [1.54, 1.807) is 0 Å². The van der Waals surface area contributed by atoms with Crippen molar-refractivity contribution in [2.24, 2.45) is 0 Å². The lowest BCUT2D eigenvalue weighted by Crippen LogP contribution is -2.12. The maximum atomic E-state index is 13.3. The molecule has 4 heteroatoms. The maximum Gasteiger partial charge on any atom is 0.193 e. The Morgan fingerprint density at radius 2 is 0.860 bits per heavy atom. The lowest BCUT2D eigenvalue weighted by atomic mass is 9.86. The highest BCUT2D eigenvalue weighted by Crippen LogP contribution is 2.35. The van der Waals surface area contributed by atoms with Crippen molar-refractivity contribution in [2.75, 3.05) is 4.90 Å². The highest BCUT2D eigenvalue weighted by Gasteiger charge is 2.18. The van der Waals surface area contributed by atoms with Crippen LogP contribution in [0.3, 0.4) is 0 Å². The molecule has 5 aromatic rings. The van der Waals surface area contributed by atoms with Crippen molar-refractivity contribution in [1.82, 2.24) is 0 Å². The molecule has 0 unspecified atom stereocenters. The number of carbonyl (C=O) groups excluding carboxylic acids is 2. The second-order valence-corrected chi connectivity index (χ2v) is 12.7. The van der Waals surface area contributed by atoms with Crippen molar-refractivity contribution < 1.29 is 9.59 Å². The van der Waals surface area contributed by atoms with Crippen LogP contribution >= 0.6 is 12.6 Å². The number of hydrogen-bond donors (Lipinski definition) is 1. The van der Waals surface area contributed by atoms with E-state index in [1.165, 1.54) is 11.1 Å². The van der Waals surface area contributed by atoms with E-state index in [0.29, 0.717) is 28.2 Å². The zero-order valence-corrected chi connectivity index (χ0v) is 26.2. The van der Waals surface area contributed by atoms with Crippen LogP contribution in [0.2, 0.25) is 0 Å². The van der Waals surface area contributed by atoms with Crippen LogP contribution in [0.25, 0.3) is 0 Å². The van der Waals surface area contributed by atoms with Gasteiger partial charge in [-0.1, -0.05) is 83.1 Å². The molecule has 0 N–H and O–H groups in total. The van der Waals surface area contributed by atoms with E-state index in [0.717, 1.165) is 22.0 Å². The Morgan fingerprint density at radius 1 is 0.535 bits per heavy atom. The Labute approximate surface area is 260 Å². The fourth-order valence-electron chi connectivity index (χ4n) is 5.05. The Bertz CT molecular complexity index is 1710. The zero-order valence-electron chi connectivity index (χ0n) is 25.3. The van der Waals surface area contributed by atoms with E-state index in [-0.39, 0.29) is 17.0 Å². The van der Waals surface area contributed by atoms with Crippen LogP contribution in [0.1, 0.15) is 83.5 Å². The third-order valence-corrected chi connectivity index (χ3v) is 8.03. The molecule has 0 heterocycles. The molecule has 5 aromatic carbocycles. The summed E-state index contributed by atoms with van der Waals surface area (Å²) in [6.07, 6.45) is 0. The predicted octanol–water partition coefficient (Wildman–Crippen LogP) is 10.3. The van der Waals surface area contributed by atoms with Crippen LogP contribution in [0.4, 0.5) is 17.1 Å². The van der Waals surface area contributed by atoms with Gasteiger partial charge in [-0.3, -0.25) is 9.59 Å². The van der Waals surface area contributed by atoms with E-state index in [9.17, 15) is 9.59 Å². The first-order chi connectivity index (χ1) is 20.5. The molecule has 216 valence electrons. The van der Waals surface area contributed by atoms with Gasteiger partial charge in [0.2, 0.25) is 0 Å². The summed E-state index contributed by atoms with van der Waals surface area (Å²) in [5.74, 6) is 0.395. The van der Waals surface area contributed by atoms with Crippen molar-refractivity contribution >= 4 is 41.3 Å². The minimum Gasteiger partial charge on any atom is -0.311 e. The molecular formula is C39H37NO2S. The average molecular weight is 584 g/mol. The first kappa shape index (κ1) is 30.1. The summed E-state index contributed by atoms with van der Waals surface area (Å²) in [7, 11) is 0. The largest absolute Gasteiger partial charge is 0.311 e. The van der Waals surface area contributed by atoms with Gasteiger partial charge in [-0.25, -0.2) is 0 Å². The van der Waals surface area contributed by atoms with E-state index in [4.69, 9.17) is 0 Å². The number of anilines is 3. The number of carbonyl (C=O) groups is 2. The smallest absolute Gasteiger partial charge is 0.193 e. The molecule has 3 nitrogen and oxygen atoms in total. The number of thiol groups is 1. The van der Waals surface area contributed by atoms with Crippen molar-refractivity contribution in [3.63, 3.8) is 0 Å². The predicted molar refractivity (Wildman–Crippen MR) is 181 cm³/mol. The van der Waals surface area contributed by atoms with Crippen LogP contribution in [0.5, 0.6) is 0 Å². The zero-order chi connectivity index (χ0) is 30.7. The first-order valence-corrected chi connectivity index (χ1v) is 15.1. The second kappa shape index (κ2) is 12.4. The topological polar surface area (TPSA) is 37.4 Å². The number of hydrogen-bond acceptors (Lipinski definition) is 4. The molecule has 0 radical (unpaired) electrons. The summed E-state index contributed by atoms with van der Waals surface area (Å²) in [6.45, 7) is 10.8. The quantitative estimate of drug-likeness (QED) is 0.146. The second-order valence-electron chi connectivity index (χ2n) is 12.2.